The largest absolute Gasteiger partial charge is 0.189 e. The lowest BCUT2D eigenvalue weighted by molar-refractivity contribution is 0.879. The Morgan fingerprint density at radius 1 is 1.75 bits per heavy atom. The molecule has 0 amide bonds. The Balaban J connectivity index is 2.64. The van der Waals surface area contributed by atoms with Crippen molar-refractivity contribution in [3.05, 3.63) is 11.6 Å². The van der Waals surface area contributed by atoms with E-state index >= 15 is 0 Å². The quantitative estimate of drug-likeness (QED) is 0.425. The Hall–Kier alpha value is -0.660. The van der Waals surface area contributed by atoms with E-state index in [-0.39, 0.29) is 0 Å². The van der Waals surface area contributed by atoms with Gasteiger partial charge in [0.15, 0.2) is 0 Å². The summed E-state index contributed by atoms with van der Waals surface area (Å²) in [4.78, 5) is 0. The van der Waals surface area contributed by atoms with Crippen LogP contribution in [-0.4, -0.2) is 12.6 Å². The van der Waals surface area contributed by atoms with Gasteiger partial charge in [0.1, 0.15) is 0 Å². The molecule has 0 aromatic heterocycles. The van der Waals surface area contributed by atoms with Crippen molar-refractivity contribution in [1.29, 1.82) is 0 Å². The number of hydrogen-bond donors (Lipinski definition) is 0. The van der Waals surface area contributed by atoms with E-state index in [4.69, 9.17) is 0 Å². The van der Waals surface area contributed by atoms with Gasteiger partial charge < -0.3 is 0 Å². The highest BCUT2D eigenvalue weighted by molar-refractivity contribution is 5.12. The Bertz CT molecular complexity index is 135. The zero-order chi connectivity index (χ0) is 5.98. The van der Waals surface area contributed by atoms with Crippen LogP contribution in [0.25, 0.3) is 0 Å². The summed E-state index contributed by atoms with van der Waals surface area (Å²) in [5, 5.41) is 7.82. The fourth-order valence-corrected chi connectivity index (χ4v) is 0.784. The third kappa shape index (κ3) is 0.782. The van der Waals surface area contributed by atoms with Gasteiger partial charge in [-0.1, -0.05) is 6.08 Å². The molecule has 2 heteroatoms. The van der Waals surface area contributed by atoms with Crippen LogP contribution >= 0.6 is 0 Å². The van der Waals surface area contributed by atoms with Crippen molar-refractivity contribution in [3.8, 4) is 0 Å². The topological polar surface area (TPSA) is 24.7 Å². The third-order valence-electron chi connectivity index (χ3n) is 1.42. The molecule has 1 atom stereocenters. The van der Waals surface area contributed by atoms with E-state index in [1.807, 2.05) is 6.92 Å². The number of rotatable bonds is 0. The fraction of sp³-hybridized carbons (Fsp3) is 0.667. The number of allylic oxidation sites excluding steroid dienone is 1. The molecule has 1 rings (SSSR count). The highest BCUT2D eigenvalue weighted by Crippen LogP contribution is 2.13. The van der Waals surface area contributed by atoms with Crippen molar-refractivity contribution in [2.45, 2.75) is 19.9 Å². The molecule has 44 valence electrons. The highest BCUT2D eigenvalue weighted by Gasteiger charge is 2.10. The molecule has 0 spiro atoms. The Labute approximate surface area is 49.3 Å². The third-order valence-corrected chi connectivity index (χ3v) is 1.42. The molecular weight excluding hydrogens is 100 g/mol. The standard InChI is InChI=1S/C6H10N2/c1-3-6-4-7-8-5(6)2/h3,5H,4H2,1-2H3/b6-3-/t5-/m0/s1. The van der Waals surface area contributed by atoms with Gasteiger partial charge in [-0.3, -0.25) is 0 Å². The Kier molecular flexibility index (Phi) is 1.42. The first kappa shape index (κ1) is 5.48. The maximum atomic E-state index is 3.95. The second-order valence-corrected chi connectivity index (χ2v) is 1.95. The van der Waals surface area contributed by atoms with Crippen molar-refractivity contribution in [2.75, 3.05) is 6.54 Å². The van der Waals surface area contributed by atoms with Gasteiger partial charge in [0.25, 0.3) is 0 Å². The zero-order valence-corrected chi connectivity index (χ0v) is 5.26. The maximum absolute atomic E-state index is 3.95. The molecule has 8 heavy (non-hydrogen) atoms. The van der Waals surface area contributed by atoms with Crippen LogP contribution in [0.15, 0.2) is 21.9 Å². The van der Waals surface area contributed by atoms with Crippen molar-refractivity contribution >= 4 is 0 Å². The van der Waals surface area contributed by atoms with Crippen LogP contribution in [0.5, 0.6) is 0 Å². The minimum absolute atomic E-state index is 0.347. The van der Waals surface area contributed by atoms with Gasteiger partial charge in [0.2, 0.25) is 0 Å². The van der Waals surface area contributed by atoms with E-state index in [0.717, 1.165) is 6.54 Å². The van der Waals surface area contributed by atoms with Crippen LogP contribution in [0, 0.1) is 0 Å². The summed E-state index contributed by atoms with van der Waals surface area (Å²) in [5.41, 5.74) is 1.34. The molecule has 0 unspecified atom stereocenters. The van der Waals surface area contributed by atoms with E-state index in [1.165, 1.54) is 5.57 Å². The van der Waals surface area contributed by atoms with Crippen LogP contribution in [0.2, 0.25) is 0 Å². The molecule has 2 nitrogen and oxygen atoms in total. The van der Waals surface area contributed by atoms with Crippen LogP contribution in [0.1, 0.15) is 13.8 Å². The summed E-state index contributed by atoms with van der Waals surface area (Å²) in [7, 11) is 0. The van der Waals surface area contributed by atoms with Crippen molar-refractivity contribution in [3.63, 3.8) is 0 Å². The molecule has 0 aromatic rings. The number of hydrogen-bond acceptors (Lipinski definition) is 2. The molecule has 0 aromatic carbocycles. The van der Waals surface area contributed by atoms with Crippen molar-refractivity contribution < 1.29 is 0 Å². The Morgan fingerprint density at radius 2 is 2.50 bits per heavy atom. The van der Waals surface area contributed by atoms with Crippen LogP contribution in [0.4, 0.5) is 0 Å². The first-order valence-corrected chi connectivity index (χ1v) is 2.86. The van der Waals surface area contributed by atoms with E-state index in [1.54, 1.807) is 0 Å². The van der Waals surface area contributed by atoms with Crippen LogP contribution in [-0.2, 0) is 0 Å². The highest BCUT2D eigenvalue weighted by atomic mass is 15.2. The summed E-state index contributed by atoms with van der Waals surface area (Å²) < 4.78 is 0. The molecular formula is C6H10N2. The van der Waals surface area contributed by atoms with Gasteiger partial charge in [0.05, 0.1) is 12.6 Å². The summed E-state index contributed by atoms with van der Waals surface area (Å²) in [6.07, 6.45) is 2.09. The molecule has 0 bridgehead atoms. The molecule has 0 radical (unpaired) electrons. The SMILES string of the molecule is C/C=C1/CN=N[C@H]1C. The predicted octanol–water partition coefficient (Wildman–Crippen LogP) is 1.79. The van der Waals surface area contributed by atoms with Crippen LogP contribution < -0.4 is 0 Å². The lowest BCUT2D eigenvalue weighted by Crippen LogP contribution is -1.96. The molecule has 0 fully saturated rings. The lowest BCUT2D eigenvalue weighted by Gasteiger charge is -1.95. The van der Waals surface area contributed by atoms with Crippen molar-refractivity contribution in [1.82, 2.24) is 0 Å². The fourth-order valence-electron chi connectivity index (χ4n) is 0.784. The van der Waals surface area contributed by atoms with Gasteiger partial charge in [0, 0.05) is 0 Å². The van der Waals surface area contributed by atoms with Gasteiger partial charge >= 0.3 is 0 Å². The van der Waals surface area contributed by atoms with Gasteiger partial charge in [-0.05, 0) is 19.4 Å². The minimum Gasteiger partial charge on any atom is -0.189 e. The summed E-state index contributed by atoms with van der Waals surface area (Å²) in [6.45, 7) is 4.91. The van der Waals surface area contributed by atoms with Gasteiger partial charge in [-0.15, -0.1) is 0 Å². The van der Waals surface area contributed by atoms with E-state index in [0.29, 0.717) is 6.04 Å². The van der Waals surface area contributed by atoms with E-state index < -0.39 is 0 Å². The van der Waals surface area contributed by atoms with Gasteiger partial charge in [-0.25, -0.2) is 0 Å². The summed E-state index contributed by atoms with van der Waals surface area (Å²) in [6, 6.07) is 0.347. The molecule has 0 aliphatic carbocycles. The average Bonchev–Trinajstić information content (AvgIpc) is 2.14. The minimum atomic E-state index is 0.347. The number of nitrogens with zero attached hydrogens (tertiary/aromatic N) is 2. The first-order chi connectivity index (χ1) is 3.84. The molecule has 0 saturated carbocycles. The van der Waals surface area contributed by atoms with Crippen LogP contribution in [0.3, 0.4) is 0 Å². The average molecular weight is 110 g/mol. The zero-order valence-electron chi connectivity index (χ0n) is 5.26. The Morgan fingerprint density at radius 3 is 2.75 bits per heavy atom. The maximum Gasteiger partial charge on any atom is 0.0908 e. The van der Waals surface area contributed by atoms with Crippen molar-refractivity contribution in [2.24, 2.45) is 10.2 Å². The van der Waals surface area contributed by atoms with Gasteiger partial charge in [-0.2, -0.15) is 10.2 Å². The second-order valence-electron chi connectivity index (χ2n) is 1.95. The molecule has 0 N–H and O–H groups in total. The predicted molar refractivity (Wildman–Crippen MR) is 32.9 cm³/mol. The molecule has 1 aliphatic rings. The monoisotopic (exact) mass is 110 g/mol. The normalized spacial score (nSPS) is 32.2. The summed E-state index contributed by atoms with van der Waals surface area (Å²) in [5.74, 6) is 0. The molecule has 0 saturated heterocycles. The first-order valence-electron chi connectivity index (χ1n) is 2.86. The lowest BCUT2D eigenvalue weighted by atomic mass is 10.1. The second kappa shape index (κ2) is 2.07. The van der Waals surface area contributed by atoms with E-state index in [9.17, 15) is 0 Å². The molecule has 1 heterocycles. The van der Waals surface area contributed by atoms with E-state index in [2.05, 4.69) is 23.2 Å². The molecule has 1 aliphatic heterocycles. The smallest absolute Gasteiger partial charge is 0.0908 e. The summed E-state index contributed by atoms with van der Waals surface area (Å²) >= 11 is 0. The number of azo groups is 1.